The van der Waals surface area contributed by atoms with Crippen molar-refractivity contribution in [3.63, 3.8) is 0 Å². The van der Waals surface area contributed by atoms with Crippen LogP contribution < -0.4 is 5.32 Å². The van der Waals surface area contributed by atoms with Crippen molar-refractivity contribution < 1.29 is 0 Å². The van der Waals surface area contributed by atoms with Crippen LogP contribution in [-0.4, -0.2) is 21.4 Å². The molecule has 27 heavy (non-hydrogen) atoms. The van der Waals surface area contributed by atoms with Gasteiger partial charge in [0.25, 0.3) is 0 Å². The maximum absolute atomic E-state index is 6.07. The van der Waals surface area contributed by atoms with Crippen LogP contribution in [0.1, 0.15) is 22.4 Å². The molecule has 1 N–H and O–H groups in total. The number of halogens is 2. The standard InChI is InChI=1S/C21H20Cl2N4/c22-18-7-6-16(10-19(18)23)11-24-21-25-12-17-14-27(9-8-20(17)26-21)13-15-4-2-1-3-5-15/h1-7,10,12H,8-9,11,13-14H2,(H,24,25,26). The van der Waals surface area contributed by atoms with E-state index in [2.05, 4.69) is 45.5 Å². The lowest BCUT2D eigenvalue weighted by Crippen LogP contribution is -2.31. The SMILES string of the molecule is Clc1ccc(CNc2ncc3c(n2)CCN(Cc2ccccc2)C3)cc1Cl. The van der Waals surface area contributed by atoms with Gasteiger partial charge in [-0.1, -0.05) is 59.6 Å². The van der Waals surface area contributed by atoms with Crippen molar-refractivity contribution in [2.45, 2.75) is 26.1 Å². The van der Waals surface area contributed by atoms with Crippen molar-refractivity contribution in [1.82, 2.24) is 14.9 Å². The summed E-state index contributed by atoms with van der Waals surface area (Å²) in [6.07, 6.45) is 2.88. The number of hydrogen-bond donors (Lipinski definition) is 1. The Morgan fingerprint density at radius 1 is 1.00 bits per heavy atom. The van der Waals surface area contributed by atoms with E-state index in [1.54, 1.807) is 6.07 Å². The average molecular weight is 399 g/mol. The van der Waals surface area contributed by atoms with Crippen LogP contribution in [0.4, 0.5) is 5.95 Å². The average Bonchev–Trinajstić information content (AvgIpc) is 2.69. The Kier molecular flexibility index (Phi) is 5.58. The number of benzene rings is 2. The summed E-state index contributed by atoms with van der Waals surface area (Å²) in [5.74, 6) is 0.649. The minimum absolute atomic E-state index is 0.556. The third-order valence-corrected chi connectivity index (χ3v) is 5.44. The summed E-state index contributed by atoms with van der Waals surface area (Å²) in [5, 5.41) is 4.39. The van der Waals surface area contributed by atoms with Crippen LogP contribution >= 0.6 is 23.2 Å². The topological polar surface area (TPSA) is 41.1 Å². The van der Waals surface area contributed by atoms with Gasteiger partial charge in [0.2, 0.25) is 5.95 Å². The van der Waals surface area contributed by atoms with Crippen molar-refractivity contribution in [2.24, 2.45) is 0 Å². The van der Waals surface area contributed by atoms with Crippen molar-refractivity contribution in [3.8, 4) is 0 Å². The minimum Gasteiger partial charge on any atom is -0.350 e. The van der Waals surface area contributed by atoms with Gasteiger partial charge in [-0.05, 0) is 23.3 Å². The lowest BCUT2D eigenvalue weighted by Gasteiger charge is -2.28. The highest BCUT2D eigenvalue weighted by Gasteiger charge is 2.18. The number of nitrogens with zero attached hydrogens (tertiary/aromatic N) is 3. The molecule has 4 nitrogen and oxygen atoms in total. The predicted molar refractivity (Wildman–Crippen MR) is 110 cm³/mol. The second-order valence-electron chi connectivity index (χ2n) is 6.71. The molecule has 2 aromatic carbocycles. The summed E-state index contributed by atoms with van der Waals surface area (Å²) in [7, 11) is 0. The van der Waals surface area contributed by atoms with Crippen LogP contribution in [0.5, 0.6) is 0 Å². The molecule has 0 atom stereocenters. The Balaban J connectivity index is 1.38. The molecule has 0 fully saturated rings. The maximum atomic E-state index is 6.07. The molecule has 1 aliphatic heterocycles. The highest BCUT2D eigenvalue weighted by molar-refractivity contribution is 6.42. The van der Waals surface area contributed by atoms with Gasteiger partial charge >= 0.3 is 0 Å². The van der Waals surface area contributed by atoms with Crippen molar-refractivity contribution in [2.75, 3.05) is 11.9 Å². The smallest absolute Gasteiger partial charge is 0.223 e. The van der Waals surface area contributed by atoms with Crippen LogP contribution in [0.25, 0.3) is 0 Å². The Bertz CT molecular complexity index is 931. The lowest BCUT2D eigenvalue weighted by atomic mass is 10.1. The van der Waals surface area contributed by atoms with Crippen molar-refractivity contribution in [1.29, 1.82) is 0 Å². The van der Waals surface area contributed by atoms with E-state index in [1.807, 2.05) is 18.3 Å². The monoisotopic (exact) mass is 398 g/mol. The molecule has 4 rings (SSSR count). The van der Waals surface area contributed by atoms with Crippen LogP contribution in [0.15, 0.2) is 54.7 Å². The molecule has 138 valence electrons. The third-order valence-electron chi connectivity index (χ3n) is 4.70. The van der Waals surface area contributed by atoms with Gasteiger partial charge in [-0.2, -0.15) is 0 Å². The van der Waals surface area contributed by atoms with Gasteiger partial charge in [-0.3, -0.25) is 4.90 Å². The Hall–Kier alpha value is -2.14. The zero-order valence-corrected chi connectivity index (χ0v) is 16.3. The molecule has 0 radical (unpaired) electrons. The fourth-order valence-corrected chi connectivity index (χ4v) is 3.59. The van der Waals surface area contributed by atoms with Crippen LogP contribution in [0.3, 0.4) is 0 Å². The molecular formula is C21H20Cl2N4. The largest absolute Gasteiger partial charge is 0.350 e. The first-order valence-electron chi connectivity index (χ1n) is 8.96. The third kappa shape index (κ3) is 4.59. The minimum atomic E-state index is 0.556. The second kappa shape index (κ2) is 8.26. The fourth-order valence-electron chi connectivity index (χ4n) is 3.27. The Morgan fingerprint density at radius 2 is 1.85 bits per heavy atom. The van der Waals surface area contributed by atoms with E-state index in [-0.39, 0.29) is 0 Å². The molecule has 0 bridgehead atoms. The first-order valence-corrected chi connectivity index (χ1v) is 9.72. The summed E-state index contributed by atoms with van der Waals surface area (Å²) < 4.78 is 0. The van der Waals surface area contributed by atoms with Crippen molar-refractivity contribution >= 4 is 29.2 Å². The zero-order chi connectivity index (χ0) is 18.6. The molecule has 3 aromatic rings. The zero-order valence-electron chi connectivity index (χ0n) is 14.8. The van der Waals surface area contributed by atoms with Gasteiger partial charge in [0, 0.05) is 44.4 Å². The van der Waals surface area contributed by atoms with E-state index < -0.39 is 0 Å². The van der Waals surface area contributed by atoms with Gasteiger partial charge in [-0.15, -0.1) is 0 Å². The number of aromatic nitrogens is 2. The van der Waals surface area contributed by atoms with Crippen molar-refractivity contribution in [3.05, 3.63) is 87.2 Å². The molecule has 2 heterocycles. The van der Waals surface area contributed by atoms with Gasteiger partial charge in [0.05, 0.1) is 15.7 Å². The summed E-state index contributed by atoms with van der Waals surface area (Å²) in [4.78, 5) is 11.6. The highest BCUT2D eigenvalue weighted by Crippen LogP contribution is 2.23. The second-order valence-corrected chi connectivity index (χ2v) is 7.53. The first kappa shape index (κ1) is 18.2. The summed E-state index contributed by atoms with van der Waals surface area (Å²) in [6.45, 7) is 3.45. The van der Waals surface area contributed by atoms with Gasteiger partial charge in [0.1, 0.15) is 0 Å². The molecule has 0 aliphatic carbocycles. The van der Waals surface area contributed by atoms with Crippen LogP contribution in [0.2, 0.25) is 10.0 Å². The predicted octanol–water partition coefficient (Wildman–Crippen LogP) is 4.95. The molecule has 0 saturated heterocycles. The van der Waals surface area contributed by atoms with Gasteiger partial charge < -0.3 is 5.32 Å². The van der Waals surface area contributed by atoms with Crippen LogP contribution in [0, 0.1) is 0 Å². The summed E-state index contributed by atoms with van der Waals surface area (Å²) in [5.41, 5.74) is 4.71. The van der Waals surface area contributed by atoms with Gasteiger partial charge in [-0.25, -0.2) is 9.97 Å². The number of fused-ring (bicyclic) bond motifs is 1. The molecule has 1 aromatic heterocycles. The molecule has 6 heteroatoms. The molecule has 1 aliphatic rings. The Morgan fingerprint density at radius 3 is 2.67 bits per heavy atom. The molecular weight excluding hydrogens is 379 g/mol. The normalized spacial score (nSPS) is 14.0. The lowest BCUT2D eigenvalue weighted by molar-refractivity contribution is 0.243. The van der Waals surface area contributed by atoms with E-state index in [1.165, 1.54) is 11.1 Å². The summed E-state index contributed by atoms with van der Waals surface area (Å²) in [6, 6.07) is 16.2. The van der Waals surface area contributed by atoms with Crippen LogP contribution in [-0.2, 0) is 26.1 Å². The van der Waals surface area contributed by atoms with E-state index >= 15 is 0 Å². The van der Waals surface area contributed by atoms with Gasteiger partial charge in [0.15, 0.2) is 0 Å². The van der Waals surface area contributed by atoms with E-state index in [9.17, 15) is 0 Å². The van der Waals surface area contributed by atoms with E-state index in [0.29, 0.717) is 22.5 Å². The molecule has 0 amide bonds. The number of nitrogens with one attached hydrogen (secondary N) is 1. The quantitative estimate of drug-likeness (QED) is 0.659. The first-order chi connectivity index (χ1) is 13.2. The fraction of sp³-hybridized carbons (Fsp3) is 0.238. The highest BCUT2D eigenvalue weighted by atomic mass is 35.5. The maximum Gasteiger partial charge on any atom is 0.223 e. The summed E-state index contributed by atoms with van der Waals surface area (Å²) >= 11 is 12.0. The molecule has 0 spiro atoms. The number of hydrogen-bond acceptors (Lipinski definition) is 4. The number of anilines is 1. The Labute approximate surface area is 169 Å². The molecule has 0 unspecified atom stereocenters. The molecule has 0 saturated carbocycles. The van der Waals surface area contributed by atoms with E-state index in [4.69, 9.17) is 28.2 Å². The van der Waals surface area contributed by atoms with E-state index in [0.717, 1.165) is 37.3 Å². The number of rotatable bonds is 5.